The maximum absolute atomic E-state index is 13.8. The Hall–Kier alpha value is -3.77. The van der Waals surface area contributed by atoms with E-state index < -0.39 is 69.6 Å². The van der Waals surface area contributed by atoms with Gasteiger partial charge in [-0.3, -0.25) is 0 Å². The first-order chi connectivity index (χ1) is 15.6. The van der Waals surface area contributed by atoms with E-state index in [0.29, 0.717) is 24.3 Å². The Morgan fingerprint density at radius 2 is 0.912 bits per heavy atom. The van der Waals surface area contributed by atoms with Gasteiger partial charge in [0, 0.05) is 23.5 Å². The number of hydrogen-bond donors (Lipinski definition) is 2. The van der Waals surface area contributed by atoms with Gasteiger partial charge in [-0.25, -0.2) is 0 Å². The Kier molecular flexibility index (Phi) is 6.24. The first-order valence-electron chi connectivity index (χ1n) is 9.06. The fraction of sp³-hybridized carbons (Fsp3) is 0.143. The molecule has 0 saturated carbocycles. The number of alkyl halides is 9. The molecule has 34 heavy (non-hydrogen) atoms. The maximum atomic E-state index is 13.8. The predicted octanol–water partition coefficient (Wildman–Crippen LogP) is 7.49. The van der Waals surface area contributed by atoms with Crippen LogP contribution in [0.4, 0.5) is 50.9 Å². The van der Waals surface area contributed by atoms with Crippen LogP contribution >= 0.6 is 0 Å². The van der Waals surface area contributed by atoms with Crippen LogP contribution in [-0.4, -0.2) is 0 Å². The molecule has 3 rings (SSSR count). The predicted molar refractivity (Wildman–Crippen MR) is 103 cm³/mol. The number of ether oxygens (including phenoxy) is 2. The quantitative estimate of drug-likeness (QED) is 0.290. The number of nitrogens with two attached hydrogens (primary N) is 2. The molecule has 0 fully saturated rings. The van der Waals surface area contributed by atoms with Gasteiger partial charge in [0.05, 0.1) is 11.1 Å². The Labute approximate surface area is 185 Å². The van der Waals surface area contributed by atoms with Crippen LogP contribution in [0, 0.1) is 0 Å². The molecule has 0 unspecified atom stereocenters. The second-order valence-corrected chi connectivity index (χ2v) is 6.82. The number of halogens is 9. The first kappa shape index (κ1) is 24.9. The minimum atomic E-state index is -5.08. The van der Waals surface area contributed by atoms with Gasteiger partial charge in [0.1, 0.15) is 28.6 Å². The van der Waals surface area contributed by atoms with Crippen molar-refractivity contribution in [1.29, 1.82) is 0 Å². The number of rotatable bonds is 4. The number of anilines is 2. The molecule has 4 N–H and O–H groups in total. The molecule has 0 saturated heterocycles. The summed E-state index contributed by atoms with van der Waals surface area (Å²) in [6.45, 7) is 0. The highest BCUT2D eigenvalue weighted by Gasteiger charge is 2.39. The summed E-state index contributed by atoms with van der Waals surface area (Å²) in [4.78, 5) is 0. The second-order valence-electron chi connectivity index (χ2n) is 6.82. The third-order valence-electron chi connectivity index (χ3n) is 4.38. The summed E-state index contributed by atoms with van der Waals surface area (Å²) in [5.41, 5.74) is 5.26. The van der Waals surface area contributed by atoms with Crippen molar-refractivity contribution in [3.63, 3.8) is 0 Å². The molecule has 0 aliphatic heterocycles. The van der Waals surface area contributed by atoms with Gasteiger partial charge in [0.2, 0.25) is 0 Å². The Morgan fingerprint density at radius 3 is 1.21 bits per heavy atom. The standard InChI is InChI=1S/C21H13F9N2O2/c22-19(23,24)12-6-4-10(8-14(12)31)33-16-2-1-3-17(18(16)21(28,29)30)34-11-5-7-13(15(32)9-11)20(25,26)27/h1-9H,31-32H2. The van der Waals surface area contributed by atoms with Crippen LogP contribution in [0.15, 0.2) is 54.6 Å². The van der Waals surface area contributed by atoms with E-state index in [4.69, 9.17) is 20.9 Å². The van der Waals surface area contributed by atoms with Gasteiger partial charge in [-0.2, -0.15) is 39.5 Å². The topological polar surface area (TPSA) is 70.5 Å². The van der Waals surface area contributed by atoms with E-state index in [1.165, 1.54) is 0 Å². The largest absolute Gasteiger partial charge is 0.457 e. The van der Waals surface area contributed by atoms with E-state index in [1.807, 2.05) is 0 Å². The summed E-state index contributed by atoms with van der Waals surface area (Å²) in [6, 6.07) is 6.90. The fourth-order valence-corrected chi connectivity index (χ4v) is 2.94. The molecule has 3 aromatic carbocycles. The van der Waals surface area contributed by atoms with E-state index in [-0.39, 0.29) is 0 Å². The van der Waals surface area contributed by atoms with Crippen molar-refractivity contribution in [2.45, 2.75) is 18.5 Å². The highest BCUT2D eigenvalue weighted by atomic mass is 19.4. The van der Waals surface area contributed by atoms with Crippen molar-refractivity contribution >= 4 is 11.4 Å². The van der Waals surface area contributed by atoms with Gasteiger partial charge in [-0.15, -0.1) is 0 Å². The molecule has 3 aromatic rings. The van der Waals surface area contributed by atoms with E-state index >= 15 is 0 Å². The van der Waals surface area contributed by atoms with Crippen molar-refractivity contribution in [2.24, 2.45) is 0 Å². The van der Waals surface area contributed by atoms with Gasteiger partial charge >= 0.3 is 18.5 Å². The number of benzene rings is 3. The molecule has 0 aliphatic rings. The monoisotopic (exact) mass is 496 g/mol. The minimum Gasteiger partial charge on any atom is -0.457 e. The number of hydrogen-bond acceptors (Lipinski definition) is 4. The lowest BCUT2D eigenvalue weighted by Crippen LogP contribution is -2.11. The summed E-state index contributed by atoms with van der Waals surface area (Å²) in [6.07, 6.45) is -14.6. The zero-order valence-electron chi connectivity index (χ0n) is 16.6. The molecular formula is C21H13F9N2O2. The molecule has 0 heterocycles. The molecule has 0 atom stereocenters. The van der Waals surface area contributed by atoms with E-state index in [9.17, 15) is 39.5 Å². The third kappa shape index (κ3) is 5.41. The highest BCUT2D eigenvalue weighted by molar-refractivity contribution is 5.57. The average Bonchev–Trinajstić information content (AvgIpc) is 2.65. The van der Waals surface area contributed by atoms with Crippen LogP contribution in [0.1, 0.15) is 16.7 Å². The van der Waals surface area contributed by atoms with E-state index in [0.717, 1.165) is 30.3 Å². The maximum Gasteiger partial charge on any atom is 0.423 e. The number of nitrogen functional groups attached to an aromatic ring is 2. The van der Waals surface area contributed by atoms with Gasteiger partial charge in [-0.05, 0) is 36.4 Å². The fourth-order valence-electron chi connectivity index (χ4n) is 2.94. The summed E-state index contributed by atoms with van der Waals surface area (Å²) in [5, 5.41) is 0. The third-order valence-corrected chi connectivity index (χ3v) is 4.38. The second kappa shape index (κ2) is 8.54. The SMILES string of the molecule is Nc1cc(Oc2cccc(Oc3ccc(C(F)(F)F)c(N)c3)c2C(F)(F)F)ccc1C(F)(F)F. The lowest BCUT2D eigenvalue weighted by atomic mass is 10.1. The lowest BCUT2D eigenvalue weighted by Gasteiger charge is -2.19. The minimum absolute atomic E-state index is 0.424. The van der Waals surface area contributed by atoms with Crippen LogP contribution < -0.4 is 20.9 Å². The highest BCUT2D eigenvalue weighted by Crippen LogP contribution is 2.46. The molecule has 13 heteroatoms. The molecule has 0 amide bonds. The Morgan fingerprint density at radius 1 is 0.529 bits per heavy atom. The molecule has 0 spiro atoms. The van der Waals surface area contributed by atoms with Crippen molar-refractivity contribution in [3.8, 4) is 23.0 Å². The van der Waals surface area contributed by atoms with Crippen LogP contribution in [-0.2, 0) is 18.5 Å². The summed E-state index contributed by atoms with van der Waals surface area (Å²) < 4.78 is 129. The van der Waals surface area contributed by atoms with Gasteiger partial charge in [0.25, 0.3) is 0 Å². The van der Waals surface area contributed by atoms with Crippen LogP contribution in [0.2, 0.25) is 0 Å². The molecule has 0 aromatic heterocycles. The molecule has 182 valence electrons. The summed E-state index contributed by atoms with van der Waals surface area (Å²) >= 11 is 0. The lowest BCUT2D eigenvalue weighted by molar-refractivity contribution is -0.139. The van der Waals surface area contributed by atoms with Gasteiger partial charge < -0.3 is 20.9 Å². The van der Waals surface area contributed by atoms with E-state index in [2.05, 4.69) is 0 Å². The van der Waals surface area contributed by atoms with Gasteiger partial charge in [0.15, 0.2) is 0 Å². The summed E-state index contributed by atoms with van der Waals surface area (Å²) in [5.74, 6) is -2.54. The van der Waals surface area contributed by atoms with Crippen LogP contribution in [0.5, 0.6) is 23.0 Å². The van der Waals surface area contributed by atoms with Crippen molar-refractivity contribution in [1.82, 2.24) is 0 Å². The molecule has 4 nitrogen and oxygen atoms in total. The normalized spacial score (nSPS) is 12.5. The zero-order chi connectivity index (χ0) is 25.5. The molecular weight excluding hydrogens is 483 g/mol. The van der Waals surface area contributed by atoms with Crippen molar-refractivity contribution in [3.05, 3.63) is 71.3 Å². The van der Waals surface area contributed by atoms with Crippen molar-refractivity contribution in [2.75, 3.05) is 11.5 Å². The first-order valence-corrected chi connectivity index (χ1v) is 9.06. The Bertz CT molecular complexity index is 1120. The molecule has 0 bridgehead atoms. The summed E-state index contributed by atoms with van der Waals surface area (Å²) in [7, 11) is 0. The zero-order valence-corrected chi connectivity index (χ0v) is 16.6. The van der Waals surface area contributed by atoms with Crippen molar-refractivity contribution < 1.29 is 49.0 Å². The van der Waals surface area contributed by atoms with E-state index in [1.54, 1.807) is 0 Å². The van der Waals surface area contributed by atoms with Gasteiger partial charge in [-0.1, -0.05) is 6.07 Å². The smallest absolute Gasteiger partial charge is 0.423 e. The Balaban J connectivity index is 1.99. The molecule has 0 aliphatic carbocycles. The van der Waals surface area contributed by atoms with Crippen LogP contribution in [0.25, 0.3) is 0 Å². The van der Waals surface area contributed by atoms with Crippen LogP contribution in [0.3, 0.4) is 0 Å². The molecule has 0 radical (unpaired) electrons. The average molecular weight is 496 g/mol.